The molecule has 2 aromatic rings. The maximum absolute atomic E-state index is 12.2. The number of ether oxygens (including phenoxy) is 1. The Hall–Kier alpha value is -1.76. The molecule has 0 spiro atoms. The number of rotatable bonds is 6. The van der Waals surface area contributed by atoms with Gasteiger partial charge in [-0.25, -0.2) is 4.98 Å². The van der Waals surface area contributed by atoms with Gasteiger partial charge in [-0.05, 0) is 6.07 Å². The summed E-state index contributed by atoms with van der Waals surface area (Å²) in [6.07, 6.45) is 0.767. The van der Waals surface area contributed by atoms with Crippen LogP contribution in [0, 0.1) is 0 Å². The molecule has 0 radical (unpaired) electrons. The summed E-state index contributed by atoms with van der Waals surface area (Å²) in [7, 11) is 0. The monoisotopic (exact) mass is 285 g/mol. The van der Waals surface area contributed by atoms with E-state index >= 15 is 0 Å². The van der Waals surface area contributed by atoms with Crippen LogP contribution in [0.5, 0.6) is 5.75 Å². The van der Waals surface area contributed by atoms with Gasteiger partial charge < -0.3 is 10.1 Å². The number of anilines is 1. The molecular weight excluding hydrogens is 272 g/mol. The maximum atomic E-state index is 12.2. The van der Waals surface area contributed by atoms with Crippen LogP contribution in [0.2, 0.25) is 0 Å². The van der Waals surface area contributed by atoms with Crippen molar-refractivity contribution in [1.29, 1.82) is 0 Å². The van der Waals surface area contributed by atoms with E-state index in [4.69, 9.17) is 0 Å². The van der Waals surface area contributed by atoms with Gasteiger partial charge in [-0.3, -0.25) is 0 Å². The molecule has 1 N–H and O–H groups in total. The Bertz CT molecular complexity index is 533. The van der Waals surface area contributed by atoms with Crippen LogP contribution in [0.3, 0.4) is 0 Å². The smallest absolute Gasteiger partial charge is 0.387 e. The SMILES string of the molecule is CCc1nsc(NCc2ccccc2OC(F)F)n1. The van der Waals surface area contributed by atoms with Crippen LogP contribution < -0.4 is 10.1 Å². The molecule has 0 bridgehead atoms. The number of aryl methyl sites for hydroxylation is 1. The summed E-state index contributed by atoms with van der Waals surface area (Å²) in [5, 5.41) is 3.72. The van der Waals surface area contributed by atoms with Crippen molar-refractivity contribution < 1.29 is 13.5 Å². The number of hydrogen-bond donors (Lipinski definition) is 1. The standard InChI is InChI=1S/C12H13F2N3OS/c1-2-10-16-12(19-17-10)15-7-8-5-3-4-6-9(8)18-11(13)14/h3-6,11H,2,7H2,1H3,(H,15,16,17). The Kier molecular flexibility index (Phi) is 4.62. The normalized spacial score (nSPS) is 10.7. The fourth-order valence-corrected chi connectivity index (χ4v) is 2.15. The molecule has 0 amide bonds. The van der Waals surface area contributed by atoms with Crippen molar-refractivity contribution in [2.75, 3.05) is 5.32 Å². The van der Waals surface area contributed by atoms with Crippen LogP contribution in [0.15, 0.2) is 24.3 Å². The van der Waals surface area contributed by atoms with E-state index in [-0.39, 0.29) is 5.75 Å². The van der Waals surface area contributed by atoms with E-state index in [1.165, 1.54) is 17.6 Å². The molecule has 0 unspecified atom stereocenters. The Morgan fingerprint density at radius 1 is 1.37 bits per heavy atom. The van der Waals surface area contributed by atoms with E-state index in [1.54, 1.807) is 18.2 Å². The third-order valence-corrected chi connectivity index (χ3v) is 3.11. The molecule has 0 atom stereocenters. The fourth-order valence-electron chi connectivity index (χ4n) is 1.50. The van der Waals surface area contributed by atoms with Crippen molar-refractivity contribution in [3.8, 4) is 5.75 Å². The fraction of sp³-hybridized carbons (Fsp3) is 0.333. The number of nitrogens with zero attached hydrogens (tertiary/aromatic N) is 2. The van der Waals surface area contributed by atoms with Crippen molar-refractivity contribution in [1.82, 2.24) is 9.36 Å². The second-order valence-corrected chi connectivity index (χ2v) is 4.46. The topological polar surface area (TPSA) is 47.0 Å². The maximum Gasteiger partial charge on any atom is 0.387 e. The molecule has 0 aliphatic carbocycles. The van der Waals surface area contributed by atoms with Gasteiger partial charge in [0.15, 0.2) is 0 Å². The highest BCUT2D eigenvalue weighted by Gasteiger charge is 2.09. The van der Waals surface area contributed by atoms with E-state index in [0.29, 0.717) is 17.2 Å². The zero-order valence-corrected chi connectivity index (χ0v) is 11.1. The first-order valence-electron chi connectivity index (χ1n) is 5.78. The molecule has 102 valence electrons. The quantitative estimate of drug-likeness (QED) is 0.884. The lowest BCUT2D eigenvalue weighted by Crippen LogP contribution is -2.07. The minimum Gasteiger partial charge on any atom is -0.434 e. The van der Waals surface area contributed by atoms with Crippen LogP contribution >= 0.6 is 11.5 Å². The molecule has 0 aliphatic rings. The molecule has 19 heavy (non-hydrogen) atoms. The lowest BCUT2D eigenvalue weighted by Gasteiger charge is -2.10. The average Bonchev–Trinajstić information content (AvgIpc) is 2.85. The third-order valence-electron chi connectivity index (χ3n) is 2.40. The summed E-state index contributed by atoms with van der Waals surface area (Å²) in [6.45, 7) is -0.492. The molecular formula is C12H13F2N3OS. The highest BCUT2D eigenvalue weighted by molar-refractivity contribution is 7.09. The summed E-state index contributed by atoms with van der Waals surface area (Å²) >= 11 is 1.25. The van der Waals surface area contributed by atoms with Crippen molar-refractivity contribution in [2.24, 2.45) is 0 Å². The van der Waals surface area contributed by atoms with Crippen molar-refractivity contribution in [3.05, 3.63) is 35.7 Å². The number of hydrogen-bond acceptors (Lipinski definition) is 5. The Morgan fingerprint density at radius 2 is 2.16 bits per heavy atom. The molecule has 1 aromatic heterocycles. The molecule has 7 heteroatoms. The second-order valence-electron chi connectivity index (χ2n) is 3.71. The number of nitrogens with one attached hydrogen (secondary N) is 1. The highest BCUT2D eigenvalue weighted by atomic mass is 32.1. The Morgan fingerprint density at radius 3 is 2.84 bits per heavy atom. The van der Waals surface area contributed by atoms with E-state index < -0.39 is 6.61 Å². The van der Waals surface area contributed by atoms with Crippen LogP contribution in [0.4, 0.5) is 13.9 Å². The molecule has 1 aromatic carbocycles. The van der Waals surface area contributed by atoms with Gasteiger partial charge in [0.2, 0.25) is 5.13 Å². The largest absolute Gasteiger partial charge is 0.434 e. The van der Waals surface area contributed by atoms with E-state index in [1.807, 2.05) is 6.92 Å². The van der Waals surface area contributed by atoms with E-state index in [0.717, 1.165) is 12.2 Å². The molecule has 0 fully saturated rings. The predicted molar refractivity (Wildman–Crippen MR) is 69.7 cm³/mol. The molecule has 0 aliphatic heterocycles. The summed E-state index contributed by atoms with van der Waals surface area (Å²) < 4.78 is 33.1. The van der Waals surface area contributed by atoms with E-state index in [9.17, 15) is 8.78 Å². The van der Waals surface area contributed by atoms with E-state index in [2.05, 4.69) is 19.4 Å². The zero-order valence-electron chi connectivity index (χ0n) is 10.3. The first kappa shape index (κ1) is 13.7. The summed E-state index contributed by atoms with van der Waals surface area (Å²) in [5.74, 6) is 0.940. The summed E-state index contributed by atoms with van der Waals surface area (Å²) in [5.41, 5.74) is 0.649. The number of aromatic nitrogens is 2. The molecule has 0 saturated heterocycles. The van der Waals surface area contributed by atoms with Crippen LogP contribution in [0.1, 0.15) is 18.3 Å². The van der Waals surface area contributed by atoms with Crippen LogP contribution in [-0.4, -0.2) is 16.0 Å². The van der Waals surface area contributed by atoms with Gasteiger partial charge in [-0.2, -0.15) is 13.2 Å². The second kappa shape index (κ2) is 6.42. The van der Waals surface area contributed by atoms with Gasteiger partial charge in [-0.1, -0.05) is 25.1 Å². The predicted octanol–water partition coefficient (Wildman–Crippen LogP) is 3.31. The van der Waals surface area contributed by atoms with Gasteiger partial charge in [0.05, 0.1) is 0 Å². The molecule has 0 saturated carbocycles. The number of halogens is 2. The highest BCUT2D eigenvalue weighted by Crippen LogP contribution is 2.22. The molecule has 2 rings (SSSR count). The average molecular weight is 285 g/mol. The molecule has 1 heterocycles. The first-order chi connectivity index (χ1) is 9.19. The zero-order chi connectivity index (χ0) is 13.7. The number of benzene rings is 1. The van der Waals surface area contributed by atoms with Gasteiger partial charge in [0.25, 0.3) is 0 Å². The Balaban J connectivity index is 2.02. The first-order valence-corrected chi connectivity index (χ1v) is 6.55. The van der Waals surface area contributed by atoms with Gasteiger partial charge in [-0.15, -0.1) is 0 Å². The number of alkyl halides is 2. The molecule has 4 nitrogen and oxygen atoms in total. The minimum absolute atomic E-state index is 0.172. The summed E-state index contributed by atoms with van der Waals surface area (Å²) in [4.78, 5) is 4.24. The lowest BCUT2D eigenvalue weighted by atomic mass is 10.2. The van der Waals surface area contributed by atoms with Crippen molar-refractivity contribution in [3.63, 3.8) is 0 Å². The lowest BCUT2D eigenvalue weighted by molar-refractivity contribution is -0.0504. The van der Waals surface area contributed by atoms with Gasteiger partial charge in [0, 0.05) is 30.1 Å². The Labute approximate surface area is 113 Å². The van der Waals surface area contributed by atoms with Crippen LogP contribution in [-0.2, 0) is 13.0 Å². The van der Waals surface area contributed by atoms with Crippen molar-refractivity contribution >= 4 is 16.7 Å². The van der Waals surface area contributed by atoms with Gasteiger partial charge in [0.1, 0.15) is 11.6 Å². The number of para-hydroxylation sites is 1. The third kappa shape index (κ3) is 3.85. The van der Waals surface area contributed by atoms with Crippen molar-refractivity contribution in [2.45, 2.75) is 26.5 Å². The summed E-state index contributed by atoms with van der Waals surface area (Å²) in [6, 6.07) is 6.67. The van der Waals surface area contributed by atoms with Gasteiger partial charge >= 0.3 is 6.61 Å². The van der Waals surface area contributed by atoms with Crippen LogP contribution in [0.25, 0.3) is 0 Å². The minimum atomic E-state index is -2.82.